The Labute approximate surface area is 112 Å². The molecule has 0 aliphatic rings. The van der Waals surface area contributed by atoms with Crippen LogP contribution in [0.3, 0.4) is 0 Å². The van der Waals surface area contributed by atoms with E-state index in [-0.39, 0.29) is 21.7 Å². The number of rotatable bonds is 2. The minimum atomic E-state index is -4.73. The molecule has 0 bridgehead atoms. The average Bonchev–Trinajstić information content (AvgIpc) is 2.69. The number of aldehydes is 1. The summed E-state index contributed by atoms with van der Waals surface area (Å²) in [5.41, 5.74) is -1.57. The molecule has 1 heterocycles. The summed E-state index contributed by atoms with van der Waals surface area (Å²) >= 11 is 2.98. The van der Waals surface area contributed by atoms with Crippen molar-refractivity contribution in [3.05, 3.63) is 40.0 Å². The van der Waals surface area contributed by atoms with Crippen LogP contribution in [-0.4, -0.2) is 16.3 Å². The lowest BCUT2D eigenvalue weighted by atomic mass is 10.0. The molecule has 1 aromatic carbocycles. The maximum absolute atomic E-state index is 13.0. The predicted molar refractivity (Wildman–Crippen MR) is 62.1 cm³/mol. The highest BCUT2D eigenvalue weighted by Crippen LogP contribution is 2.38. The first-order valence-corrected chi connectivity index (χ1v) is 5.70. The van der Waals surface area contributed by atoms with Crippen LogP contribution in [0.4, 0.5) is 17.6 Å². The predicted octanol–water partition coefficient (Wildman–Crippen LogP) is 3.81. The monoisotopic (exact) mass is 336 g/mol. The number of imidazole rings is 1. The van der Waals surface area contributed by atoms with Crippen LogP contribution in [-0.2, 0) is 6.18 Å². The minimum absolute atomic E-state index is 0.102. The molecule has 100 valence electrons. The van der Waals surface area contributed by atoms with E-state index in [0.29, 0.717) is 12.4 Å². The van der Waals surface area contributed by atoms with Crippen molar-refractivity contribution >= 4 is 22.2 Å². The largest absolute Gasteiger partial charge is 0.417 e. The Morgan fingerprint density at radius 1 is 1.32 bits per heavy atom. The number of halogens is 5. The number of aromatic nitrogens is 2. The fourth-order valence-corrected chi connectivity index (χ4v) is 2.07. The molecule has 2 aromatic rings. The number of hydrogen-bond acceptors (Lipinski definition) is 2. The molecule has 19 heavy (non-hydrogen) atoms. The van der Waals surface area contributed by atoms with Crippen molar-refractivity contribution < 1.29 is 22.4 Å². The minimum Gasteiger partial charge on any atom is -0.330 e. The summed E-state index contributed by atoms with van der Waals surface area (Å²) in [7, 11) is 0. The van der Waals surface area contributed by atoms with Crippen molar-refractivity contribution in [1.29, 1.82) is 0 Å². The Kier molecular flexibility index (Phi) is 3.44. The van der Waals surface area contributed by atoms with E-state index in [1.165, 1.54) is 0 Å². The van der Waals surface area contributed by atoms with Crippen LogP contribution in [0.5, 0.6) is 0 Å². The van der Waals surface area contributed by atoms with Gasteiger partial charge in [-0.15, -0.1) is 0 Å². The molecule has 0 fully saturated rings. The fraction of sp³-hybridized carbons (Fsp3) is 0.0909. The van der Waals surface area contributed by atoms with Gasteiger partial charge in [-0.3, -0.25) is 4.79 Å². The van der Waals surface area contributed by atoms with E-state index >= 15 is 0 Å². The molecule has 0 radical (unpaired) electrons. The second-order valence-electron chi connectivity index (χ2n) is 3.59. The zero-order valence-electron chi connectivity index (χ0n) is 9.05. The highest BCUT2D eigenvalue weighted by atomic mass is 79.9. The van der Waals surface area contributed by atoms with Crippen molar-refractivity contribution in [2.24, 2.45) is 0 Å². The summed E-state index contributed by atoms with van der Waals surface area (Å²) in [4.78, 5) is 16.7. The van der Waals surface area contributed by atoms with Gasteiger partial charge in [0.2, 0.25) is 0 Å². The van der Waals surface area contributed by atoms with Gasteiger partial charge in [0.25, 0.3) is 0 Å². The number of hydrogen-bond donors (Lipinski definition) is 1. The van der Waals surface area contributed by atoms with Gasteiger partial charge in [-0.1, -0.05) is 0 Å². The van der Waals surface area contributed by atoms with Crippen LogP contribution >= 0.6 is 15.9 Å². The first-order valence-electron chi connectivity index (χ1n) is 4.90. The van der Waals surface area contributed by atoms with Crippen LogP contribution in [0, 0.1) is 5.82 Å². The molecule has 1 N–H and O–H groups in total. The maximum Gasteiger partial charge on any atom is 0.417 e. The second kappa shape index (κ2) is 4.76. The molecule has 0 aliphatic heterocycles. The van der Waals surface area contributed by atoms with E-state index in [2.05, 4.69) is 25.9 Å². The highest BCUT2D eigenvalue weighted by molar-refractivity contribution is 9.10. The van der Waals surface area contributed by atoms with Crippen LogP contribution in [0.1, 0.15) is 16.2 Å². The molecule has 0 saturated carbocycles. The lowest BCUT2D eigenvalue weighted by molar-refractivity contribution is -0.137. The standard InChI is InChI=1S/C11H5BrF4N2O/c12-10-9(17-8(4-19)18-10)6-2-1-5(13)3-7(6)11(14,15)16/h1-4H,(H,17,18). The van der Waals surface area contributed by atoms with Gasteiger partial charge < -0.3 is 4.98 Å². The molecule has 0 unspecified atom stereocenters. The van der Waals surface area contributed by atoms with E-state index in [0.717, 1.165) is 12.1 Å². The van der Waals surface area contributed by atoms with E-state index in [1.807, 2.05) is 0 Å². The molecule has 0 amide bonds. The fourth-order valence-electron chi connectivity index (χ4n) is 1.56. The van der Waals surface area contributed by atoms with E-state index in [1.54, 1.807) is 0 Å². The Hall–Kier alpha value is -1.70. The van der Waals surface area contributed by atoms with Crippen LogP contribution < -0.4 is 0 Å². The Morgan fingerprint density at radius 2 is 2.00 bits per heavy atom. The topological polar surface area (TPSA) is 45.8 Å². The van der Waals surface area contributed by atoms with Gasteiger partial charge in [0.05, 0.1) is 5.56 Å². The zero-order chi connectivity index (χ0) is 14.2. The second-order valence-corrected chi connectivity index (χ2v) is 4.38. The van der Waals surface area contributed by atoms with Crippen molar-refractivity contribution in [3.63, 3.8) is 0 Å². The molecule has 2 rings (SSSR count). The molecule has 0 saturated heterocycles. The van der Waals surface area contributed by atoms with Crippen molar-refractivity contribution in [2.45, 2.75) is 6.18 Å². The summed E-state index contributed by atoms with van der Waals surface area (Å²) in [6.45, 7) is 0. The third-order valence-corrected chi connectivity index (χ3v) is 2.91. The number of carbonyl (C=O) groups is 1. The molecule has 0 spiro atoms. The van der Waals surface area contributed by atoms with Gasteiger partial charge in [-0.05, 0) is 34.1 Å². The molecule has 3 nitrogen and oxygen atoms in total. The number of benzene rings is 1. The smallest absolute Gasteiger partial charge is 0.330 e. The Balaban J connectivity index is 2.68. The van der Waals surface area contributed by atoms with Gasteiger partial charge in [0, 0.05) is 5.56 Å². The molecule has 1 aromatic heterocycles. The summed E-state index contributed by atoms with van der Waals surface area (Å²) in [5, 5.41) is 0. The normalized spacial score (nSPS) is 11.6. The number of alkyl halides is 3. The van der Waals surface area contributed by atoms with Crippen LogP contribution in [0.15, 0.2) is 22.8 Å². The Bertz CT molecular complexity index is 636. The van der Waals surface area contributed by atoms with E-state index < -0.39 is 17.6 Å². The number of nitrogens with one attached hydrogen (secondary N) is 1. The molecular weight excluding hydrogens is 332 g/mol. The van der Waals surface area contributed by atoms with Gasteiger partial charge in [-0.25, -0.2) is 9.37 Å². The number of carbonyl (C=O) groups excluding carboxylic acids is 1. The van der Waals surface area contributed by atoms with Crippen molar-refractivity contribution in [3.8, 4) is 11.3 Å². The van der Waals surface area contributed by atoms with Gasteiger partial charge >= 0.3 is 6.18 Å². The number of nitrogens with zero attached hydrogens (tertiary/aromatic N) is 1. The van der Waals surface area contributed by atoms with E-state index in [4.69, 9.17) is 0 Å². The summed E-state index contributed by atoms with van der Waals surface area (Å²) in [6, 6.07) is 2.25. The SMILES string of the molecule is O=Cc1nc(-c2ccc(F)cc2C(F)(F)F)c(Br)[nH]1. The first kappa shape index (κ1) is 13.7. The van der Waals surface area contributed by atoms with E-state index in [9.17, 15) is 22.4 Å². The maximum atomic E-state index is 13.0. The zero-order valence-corrected chi connectivity index (χ0v) is 10.6. The summed E-state index contributed by atoms with van der Waals surface area (Å²) < 4.78 is 51.6. The lowest BCUT2D eigenvalue weighted by Crippen LogP contribution is -2.08. The summed E-state index contributed by atoms with van der Waals surface area (Å²) in [5.74, 6) is -1.13. The van der Waals surface area contributed by atoms with Crippen molar-refractivity contribution in [1.82, 2.24) is 9.97 Å². The Morgan fingerprint density at radius 3 is 2.53 bits per heavy atom. The van der Waals surface area contributed by atoms with Gasteiger partial charge in [0.15, 0.2) is 12.1 Å². The number of aromatic amines is 1. The molecule has 0 aliphatic carbocycles. The van der Waals surface area contributed by atoms with Gasteiger partial charge in [0.1, 0.15) is 16.1 Å². The van der Waals surface area contributed by atoms with Crippen LogP contribution in [0.2, 0.25) is 0 Å². The number of H-pyrrole nitrogens is 1. The molecular formula is C11H5BrF4N2O. The van der Waals surface area contributed by atoms with Crippen molar-refractivity contribution in [2.75, 3.05) is 0 Å². The highest BCUT2D eigenvalue weighted by Gasteiger charge is 2.35. The first-order chi connectivity index (χ1) is 8.82. The molecule has 8 heteroatoms. The quantitative estimate of drug-likeness (QED) is 0.669. The van der Waals surface area contributed by atoms with Crippen LogP contribution in [0.25, 0.3) is 11.3 Å². The lowest BCUT2D eigenvalue weighted by Gasteiger charge is -2.11. The van der Waals surface area contributed by atoms with Gasteiger partial charge in [-0.2, -0.15) is 13.2 Å². The average molecular weight is 337 g/mol. The molecule has 0 atom stereocenters. The third-order valence-electron chi connectivity index (χ3n) is 2.33. The third kappa shape index (κ3) is 2.67. The summed E-state index contributed by atoms with van der Waals surface area (Å²) in [6.07, 6.45) is -4.36.